The van der Waals surface area contributed by atoms with Crippen molar-refractivity contribution in [1.29, 1.82) is 0 Å². The molecular weight excluding hydrogens is 399 g/mol. The van der Waals surface area contributed by atoms with Gasteiger partial charge >= 0.3 is 5.91 Å². The van der Waals surface area contributed by atoms with Gasteiger partial charge in [0.25, 0.3) is 0 Å². The van der Waals surface area contributed by atoms with Crippen LogP contribution in [0.3, 0.4) is 0 Å². The Kier molecular flexibility index (Phi) is 6.83. The number of aliphatic hydroxyl groups is 1. The van der Waals surface area contributed by atoms with E-state index in [4.69, 9.17) is 33.7 Å². The van der Waals surface area contributed by atoms with E-state index in [2.05, 4.69) is 6.92 Å². The maximum Gasteiger partial charge on any atom is 0.348 e. The second-order valence-electron chi connectivity index (χ2n) is 7.36. The lowest BCUT2D eigenvalue weighted by atomic mass is 9.94. The molecule has 2 aromatic carbocycles. The molecular formula is C21H25Cl2N2O3+. The summed E-state index contributed by atoms with van der Waals surface area (Å²) in [5, 5.41) is 10.5. The van der Waals surface area contributed by atoms with E-state index < -0.39 is 0 Å². The smallest absolute Gasteiger partial charge is 0.348 e. The van der Waals surface area contributed by atoms with Crippen LogP contribution in [0.4, 0.5) is 5.69 Å². The summed E-state index contributed by atoms with van der Waals surface area (Å²) in [7, 11) is 0. The molecule has 0 saturated carbocycles. The normalized spacial score (nSPS) is 20.6. The monoisotopic (exact) mass is 423 g/mol. The Morgan fingerprint density at radius 3 is 2.79 bits per heavy atom. The number of nitrogens with one attached hydrogen (secondary N) is 1. The standard InChI is InChI=1S/C21H24Cl2N2O3/c1-13-10-25(21(27)16-3-2-4-19(24)20(16)28-12-13)11-15(7-8-26)14-5-6-17(22)18(23)9-14/h2-6,9,13,15,26H,7-8,10-12,24H2,1H3/p+1/t13-,15-/m1/s1. The van der Waals surface area contributed by atoms with Gasteiger partial charge < -0.3 is 15.6 Å². The lowest BCUT2D eigenvalue weighted by molar-refractivity contribution is -0.820. The van der Waals surface area contributed by atoms with Crippen LogP contribution >= 0.6 is 23.2 Å². The largest absolute Gasteiger partial charge is 0.490 e. The highest BCUT2D eigenvalue weighted by molar-refractivity contribution is 6.42. The van der Waals surface area contributed by atoms with Crippen molar-refractivity contribution in [1.82, 2.24) is 0 Å². The van der Waals surface area contributed by atoms with E-state index in [1.165, 1.54) is 0 Å². The number of ether oxygens (including phenoxy) is 1. The quantitative estimate of drug-likeness (QED) is 0.646. The van der Waals surface area contributed by atoms with Gasteiger partial charge in [0.05, 0.1) is 35.4 Å². The Bertz CT molecular complexity index is 860. The van der Waals surface area contributed by atoms with E-state index in [0.717, 1.165) is 10.5 Å². The maximum absolute atomic E-state index is 13.3. The van der Waals surface area contributed by atoms with Crippen LogP contribution in [0.1, 0.15) is 35.2 Å². The van der Waals surface area contributed by atoms with Crippen molar-refractivity contribution in [2.75, 3.05) is 32.0 Å². The molecule has 0 spiro atoms. The fourth-order valence-corrected chi connectivity index (χ4v) is 3.97. The van der Waals surface area contributed by atoms with Crippen LogP contribution in [-0.2, 0) is 0 Å². The Morgan fingerprint density at radius 1 is 1.29 bits per heavy atom. The molecule has 1 amide bonds. The highest BCUT2D eigenvalue weighted by Gasteiger charge is 2.33. The molecule has 4 N–H and O–H groups in total. The van der Waals surface area contributed by atoms with E-state index in [9.17, 15) is 9.90 Å². The first-order valence-electron chi connectivity index (χ1n) is 9.37. The van der Waals surface area contributed by atoms with E-state index in [1.54, 1.807) is 24.3 Å². The van der Waals surface area contributed by atoms with Gasteiger partial charge in [-0.15, -0.1) is 0 Å². The van der Waals surface area contributed by atoms with Gasteiger partial charge in [0, 0.05) is 18.4 Å². The molecule has 0 aliphatic carbocycles. The van der Waals surface area contributed by atoms with Crippen LogP contribution in [0, 0.1) is 5.92 Å². The van der Waals surface area contributed by atoms with E-state index >= 15 is 0 Å². The summed E-state index contributed by atoms with van der Waals surface area (Å²) >= 11 is 12.2. The van der Waals surface area contributed by atoms with Crippen molar-refractivity contribution < 1.29 is 19.5 Å². The molecule has 3 rings (SSSR count). The number of quaternary nitrogens is 1. The fourth-order valence-electron chi connectivity index (χ4n) is 3.67. The summed E-state index contributed by atoms with van der Waals surface area (Å²) in [5.41, 5.74) is 7.97. The number of benzene rings is 2. The molecule has 7 heteroatoms. The highest BCUT2D eigenvalue weighted by atomic mass is 35.5. The number of rotatable bonds is 5. The third-order valence-electron chi connectivity index (χ3n) is 5.10. The van der Waals surface area contributed by atoms with Crippen LogP contribution in [-0.4, -0.2) is 37.3 Å². The SMILES string of the molecule is C[C@H]1COc2c(N)cccc2C(=O)[NH+](C[C@@H](CCO)c2ccc(Cl)c(Cl)c2)C1. The molecule has 0 bridgehead atoms. The number of halogens is 2. The van der Waals surface area contributed by atoms with Gasteiger partial charge in [-0.2, -0.15) is 0 Å². The Balaban J connectivity index is 1.92. The van der Waals surface area contributed by atoms with Crippen LogP contribution in [0.2, 0.25) is 10.0 Å². The number of nitrogens with two attached hydrogens (primary N) is 1. The summed E-state index contributed by atoms with van der Waals surface area (Å²) in [6.45, 7) is 3.74. The number of hydrogen-bond donors (Lipinski definition) is 3. The van der Waals surface area contributed by atoms with Gasteiger partial charge in [0.1, 0.15) is 5.56 Å². The lowest BCUT2D eigenvalue weighted by Gasteiger charge is -2.28. The zero-order chi connectivity index (χ0) is 20.3. The molecule has 0 radical (unpaired) electrons. The number of fused-ring (bicyclic) bond motifs is 1. The summed E-state index contributed by atoms with van der Waals surface area (Å²) in [6.07, 6.45) is 0.531. The molecule has 0 fully saturated rings. The van der Waals surface area contributed by atoms with Crippen LogP contribution < -0.4 is 15.4 Å². The molecule has 0 aromatic heterocycles. The molecule has 5 nitrogen and oxygen atoms in total. The lowest BCUT2D eigenvalue weighted by Crippen LogP contribution is -3.15. The van der Waals surface area contributed by atoms with Crippen LogP contribution in [0.15, 0.2) is 36.4 Å². The number of hydrogen-bond acceptors (Lipinski definition) is 4. The van der Waals surface area contributed by atoms with Gasteiger partial charge in [0.15, 0.2) is 5.75 Å². The number of nitrogen functional groups attached to an aromatic ring is 1. The van der Waals surface area contributed by atoms with Crippen LogP contribution in [0.25, 0.3) is 0 Å². The molecule has 2 aromatic rings. The molecule has 3 atom stereocenters. The van der Waals surface area contributed by atoms with Gasteiger partial charge in [0.2, 0.25) is 0 Å². The third kappa shape index (κ3) is 4.61. The average Bonchev–Trinajstić information content (AvgIpc) is 2.66. The summed E-state index contributed by atoms with van der Waals surface area (Å²) in [5.74, 6) is 0.563. The molecule has 1 aliphatic rings. The third-order valence-corrected chi connectivity index (χ3v) is 5.84. The van der Waals surface area contributed by atoms with E-state index in [-0.39, 0.29) is 24.3 Å². The minimum atomic E-state index is -0.0446. The Morgan fingerprint density at radius 2 is 2.07 bits per heavy atom. The van der Waals surface area contributed by atoms with Crippen molar-refractivity contribution >= 4 is 34.8 Å². The van der Waals surface area contributed by atoms with E-state index in [0.29, 0.717) is 53.2 Å². The number of para-hydroxylation sites is 1. The number of amides is 1. The number of aliphatic hydroxyl groups excluding tert-OH is 1. The minimum absolute atomic E-state index is 0.0224. The molecule has 1 aliphatic heterocycles. The summed E-state index contributed by atoms with van der Waals surface area (Å²) < 4.78 is 5.82. The van der Waals surface area contributed by atoms with Crippen molar-refractivity contribution in [3.8, 4) is 5.75 Å². The van der Waals surface area contributed by atoms with Crippen LogP contribution in [0.5, 0.6) is 5.75 Å². The number of carbonyl (C=O) groups is 1. The first-order valence-corrected chi connectivity index (χ1v) is 10.1. The van der Waals surface area contributed by atoms with Crippen molar-refractivity contribution in [3.05, 3.63) is 57.6 Å². The maximum atomic E-state index is 13.3. The first kappa shape index (κ1) is 20.9. The molecule has 1 unspecified atom stereocenters. The summed E-state index contributed by atoms with van der Waals surface area (Å²) in [4.78, 5) is 14.1. The molecule has 0 saturated heterocycles. The van der Waals surface area contributed by atoms with E-state index in [1.807, 2.05) is 12.1 Å². The topological polar surface area (TPSA) is 77.0 Å². The molecule has 1 heterocycles. The number of anilines is 1. The first-order chi connectivity index (χ1) is 13.4. The Labute approximate surface area is 175 Å². The van der Waals surface area contributed by atoms with Gasteiger partial charge in [-0.1, -0.05) is 42.3 Å². The second kappa shape index (κ2) is 9.14. The highest BCUT2D eigenvalue weighted by Crippen LogP contribution is 2.29. The summed E-state index contributed by atoms with van der Waals surface area (Å²) in [6, 6.07) is 10.7. The molecule has 150 valence electrons. The predicted octanol–water partition coefficient (Wildman–Crippen LogP) is 2.80. The fraction of sp³-hybridized carbons (Fsp3) is 0.381. The average molecular weight is 424 g/mol. The van der Waals surface area contributed by atoms with Crippen molar-refractivity contribution in [3.63, 3.8) is 0 Å². The van der Waals surface area contributed by atoms with Crippen molar-refractivity contribution in [2.45, 2.75) is 19.3 Å². The minimum Gasteiger partial charge on any atom is -0.490 e. The zero-order valence-electron chi connectivity index (χ0n) is 15.8. The molecule has 28 heavy (non-hydrogen) atoms. The second-order valence-corrected chi connectivity index (χ2v) is 8.18. The van der Waals surface area contributed by atoms with Crippen molar-refractivity contribution in [2.24, 2.45) is 5.92 Å². The zero-order valence-corrected chi connectivity index (χ0v) is 17.3. The van der Waals surface area contributed by atoms with Gasteiger partial charge in [-0.25, -0.2) is 4.79 Å². The number of carbonyl (C=O) groups excluding carboxylic acids is 1. The van der Waals surface area contributed by atoms with Gasteiger partial charge in [-0.3, -0.25) is 4.90 Å². The predicted molar refractivity (Wildman–Crippen MR) is 111 cm³/mol. The van der Waals surface area contributed by atoms with Gasteiger partial charge in [-0.05, 0) is 36.2 Å². The Hall–Kier alpha value is -1.79.